The quantitative estimate of drug-likeness (QED) is 0.609. The Morgan fingerprint density at radius 2 is 2.00 bits per heavy atom. The minimum Gasteiger partial charge on any atom is -0.383 e. The van der Waals surface area contributed by atoms with Gasteiger partial charge in [0.25, 0.3) is 0 Å². The summed E-state index contributed by atoms with van der Waals surface area (Å²) in [5.74, 6) is 1.18. The van der Waals surface area contributed by atoms with Crippen LogP contribution in [0.2, 0.25) is 0 Å². The van der Waals surface area contributed by atoms with Gasteiger partial charge in [-0.3, -0.25) is 0 Å². The zero-order chi connectivity index (χ0) is 10.7. The Balaban J connectivity index is 2.95. The lowest BCUT2D eigenvalue weighted by Gasteiger charge is -2.12. The fourth-order valence-corrected chi connectivity index (χ4v) is 1.74. The number of nitrogens with two attached hydrogens (primary N) is 1. The number of nitrogen functional groups attached to an aromatic ring is 1. The van der Waals surface area contributed by atoms with Crippen molar-refractivity contribution in [3.63, 3.8) is 0 Å². The molecule has 0 unspecified atom stereocenters. The molecule has 0 saturated heterocycles. The highest BCUT2D eigenvalue weighted by molar-refractivity contribution is 7.99. The normalized spacial score (nSPS) is 10.6. The Labute approximate surface area is 88.9 Å². The van der Waals surface area contributed by atoms with Crippen LogP contribution in [0.25, 0.3) is 0 Å². The molecule has 2 N–H and O–H groups in total. The maximum atomic E-state index is 5.68. The number of thioether (sulfide) groups is 1. The Hall–Kier alpha value is -0.970. The summed E-state index contributed by atoms with van der Waals surface area (Å²) in [6.45, 7) is 4.25. The van der Waals surface area contributed by atoms with Crippen molar-refractivity contribution >= 4 is 23.5 Å². The first-order valence-corrected chi connectivity index (χ1v) is 5.35. The average molecular weight is 212 g/mol. The number of rotatable bonds is 3. The number of hydrogen-bond donors (Lipinski definition) is 1. The molecule has 5 heteroatoms. The molecule has 1 aromatic heterocycles. The van der Waals surface area contributed by atoms with Crippen LogP contribution in [0.3, 0.4) is 0 Å². The molecule has 1 aromatic rings. The van der Waals surface area contributed by atoms with E-state index in [0.29, 0.717) is 17.0 Å². The summed E-state index contributed by atoms with van der Waals surface area (Å²) >= 11 is 1.69. The molecule has 0 bridgehead atoms. The van der Waals surface area contributed by atoms with Gasteiger partial charge in [-0.25, -0.2) is 4.98 Å². The van der Waals surface area contributed by atoms with Crippen molar-refractivity contribution in [3.8, 4) is 0 Å². The molecular formula is C9H16N4S. The largest absolute Gasteiger partial charge is 0.383 e. The summed E-state index contributed by atoms with van der Waals surface area (Å²) in [4.78, 5) is 10.3. The molecule has 0 fully saturated rings. The average Bonchev–Trinajstić information content (AvgIpc) is 2.01. The zero-order valence-corrected chi connectivity index (χ0v) is 9.80. The first kappa shape index (κ1) is 11.1. The predicted octanol–water partition coefficient (Wildman–Crippen LogP) is 1.63. The summed E-state index contributed by atoms with van der Waals surface area (Å²) in [6, 6.07) is 1.80. The smallest absolute Gasteiger partial charge is 0.227 e. The third-order valence-electron chi connectivity index (χ3n) is 1.47. The lowest BCUT2D eigenvalue weighted by Crippen LogP contribution is -2.14. The summed E-state index contributed by atoms with van der Waals surface area (Å²) in [7, 11) is 3.80. The fourth-order valence-electron chi connectivity index (χ4n) is 0.932. The summed E-state index contributed by atoms with van der Waals surface area (Å²) in [5.41, 5.74) is 5.68. The monoisotopic (exact) mass is 212 g/mol. The Bertz CT molecular complexity index is 312. The number of anilines is 2. The van der Waals surface area contributed by atoms with Gasteiger partial charge in [0, 0.05) is 25.4 Å². The predicted molar refractivity (Wildman–Crippen MR) is 61.8 cm³/mol. The highest BCUT2D eigenvalue weighted by atomic mass is 32.2. The highest BCUT2D eigenvalue weighted by Crippen LogP contribution is 2.23. The van der Waals surface area contributed by atoms with E-state index in [0.717, 1.165) is 5.03 Å². The van der Waals surface area contributed by atoms with Crippen LogP contribution in [0.4, 0.5) is 11.8 Å². The van der Waals surface area contributed by atoms with E-state index in [9.17, 15) is 0 Å². The molecule has 0 radical (unpaired) electrons. The number of hydrogen-bond acceptors (Lipinski definition) is 5. The van der Waals surface area contributed by atoms with Gasteiger partial charge >= 0.3 is 0 Å². The molecule has 0 aliphatic heterocycles. The van der Waals surface area contributed by atoms with E-state index in [1.54, 1.807) is 17.8 Å². The van der Waals surface area contributed by atoms with Gasteiger partial charge < -0.3 is 10.6 Å². The van der Waals surface area contributed by atoms with E-state index in [2.05, 4.69) is 23.8 Å². The molecule has 0 spiro atoms. The van der Waals surface area contributed by atoms with Gasteiger partial charge in [0.05, 0.1) is 0 Å². The second-order valence-electron chi connectivity index (χ2n) is 3.49. The van der Waals surface area contributed by atoms with Crippen molar-refractivity contribution in [1.82, 2.24) is 9.97 Å². The molecule has 1 heterocycles. The second kappa shape index (κ2) is 4.50. The maximum Gasteiger partial charge on any atom is 0.227 e. The SMILES string of the molecule is CC(C)Sc1cc(N)nc(N(C)C)n1. The van der Waals surface area contributed by atoms with Crippen LogP contribution < -0.4 is 10.6 Å². The summed E-state index contributed by atoms with van der Waals surface area (Å²) in [5, 5.41) is 1.43. The maximum absolute atomic E-state index is 5.68. The van der Waals surface area contributed by atoms with Crippen LogP contribution in [0.1, 0.15) is 13.8 Å². The van der Waals surface area contributed by atoms with Crippen molar-refractivity contribution in [2.75, 3.05) is 24.7 Å². The third-order valence-corrected chi connectivity index (χ3v) is 2.39. The van der Waals surface area contributed by atoms with Gasteiger partial charge in [-0.15, -0.1) is 11.8 Å². The van der Waals surface area contributed by atoms with Crippen molar-refractivity contribution in [3.05, 3.63) is 6.07 Å². The minimum atomic E-state index is 0.499. The van der Waals surface area contributed by atoms with Crippen LogP contribution in [-0.4, -0.2) is 29.3 Å². The first-order valence-electron chi connectivity index (χ1n) is 4.47. The number of aromatic nitrogens is 2. The van der Waals surface area contributed by atoms with Crippen molar-refractivity contribution < 1.29 is 0 Å². The van der Waals surface area contributed by atoms with Gasteiger partial charge in [0.15, 0.2) is 0 Å². The highest BCUT2D eigenvalue weighted by Gasteiger charge is 2.06. The fraction of sp³-hybridized carbons (Fsp3) is 0.556. The molecule has 0 aliphatic rings. The Morgan fingerprint density at radius 3 is 2.50 bits per heavy atom. The molecule has 0 saturated carbocycles. The van der Waals surface area contributed by atoms with Crippen LogP contribution in [0.15, 0.2) is 11.1 Å². The van der Waals surface area contributed by atoms with Crippen LogP contribution in [0, 0.1) is 0 Å². The molecule has 14 heavy (non-hydrogen) atoms. The molecule has 1 rings (SSSR count). The number of nitrogens with zero attached hydrogens (tertiary/aromatic N) is 3. The minimum absolute atomic E-state index is 0.499. The van der Waals surface area contributed by atoms with Gasteiger partial charge in [-0.05, 0) is 0 Å². The van der Waals surface area contributed by atoms with Crippen LogP contribution >= 0.6 is 11.8 Å². The molecule has 78 valence electrons. The van der Waals surface area contributed by atoms with Crippen molar-refractivity contribution in [2.24, 2.45) is 0 Å². The molecule has 0 atom stereocenters. The standard InChI is InChI=1S/C9H16N4S/c1-6(2)14-8-5-7(10)11-9(12-8)13(3)4/h5-6H,1-4H3,(H2,10,11,12). The van der Waals surface area contributed by atoms with Crippen molar-refractivity contribution in [1.29, 1.82) is 0 Å². The first-order chi connectivity index (χ1) is 6.49. The van der Waals surface area contributed by atoms with Gasteiger partial charge in [0.1, 0.15) is 10.8 Å². The molecule has 0 amide bonds. The van der Waals surface area contributed by atoms with E-state index >= 15 is 0 Å². The molecular weight excluding hydrogens is 196 g/mol. The summed E-state index contributed by atoms with van der Waals surface area (Å²) in [6.07, 6.45) is 0. The Morgan fingerprint density at radius 1 is 1.36 bits per heavy atom. The Kier molecular flexibility index (Phi) is 3.57. The van der Waals surface area contributed by atoms with E-state index in [1.807, 2.05) is 19.0 Å². The molecule has 0 aliphatic carbocycles. The second-order valence-corrected chi connectivity index (χ2v) is 5.09. The molecule has 0 aromatic carbocycles. The topological polar surface area (TPSA) is 55.0 Å². The molecule has 4 nitrogen and oxygen atoms in total. The van der Waals surface area contributed by atoms with Gasteiger partial charge in [0.2, 0.25) is 5.95 Å². The van der Waals surface area contributed by atoms with E-state index < -0.39 is 0 Å². The van der Waals surface area contributed by atoms with Crippen LogP contribution in [0.5, 0.6) is 0 Å². The summed E-state index contributed by atoms with van der Waals surface area (Å²) < 4.78 is 0. The van der Waals surface area contributed by atoms with Crippen LogP contribution in [-0.2, 0) is 0 Å². The lowest BCUT2D eigenvalue weighted by molar-refractivity contribution is 0.950. The zero-order valence-electron chi connectivity index (χ0n) is 8.98. The van der Waals surface area contributed by atoms with E-state index in [-0.39, 0.29) is 0 Å². The van der Waals surface area contributed by atoms with E-state index in [1.165, 1.54) is 0 Å². The lowest BCUT2D eigenvalue weighted by atomic mass is 10.6. The third kappa shape index (κ3) is 3.06. The van der Waals surface area contributed by atoms with E-state index in [4.69, 9.17) is 5.73 Å². The van der Waals surface area contributed by atoms with Crippen molar-refractivity contribution in [2.45, 2.75) is 24.1 Å². The van der Waals surface area contributed by atoms with Gasteiger partial charge in [-0.2, -0.15) is 4.98 Å². The van der Waals surface area contributed by atoms with Gasteiger partial charge in [-0.1, -0.05) is 13.8 Å².